The number of aliphatic imine (C=N–C) groups is 1. The average molecular weight is 268 g/mol. The fraction of sp³-hybridized carbons (Fsp3) is 0.0667. The van der Waals surface area contributed by atoms with Crippen LogP contribution in [0, 0.1) is 0 Å². The highest BCUT2D eigenvalue weighted by Gasteiger charge is 2.22. The van der Waals surface area contributed by atoms with Gasteiger partial charge in [0.25, 0.3) is 5.91 Å². The van der Waals surface area contributed by atoms with E-state index in [0.29, 0.717) is 17.3 Å². The Morgan fingerprint density at radius 3 is 2.70 bits per heavy atom. The Balaban J connectivity index is 1.88. The normalized spacial score (nSPS) is 16.1. The van der Waals surface area contributed by atoms with Gasteiger partial charge in [-0.3, -0.25) is 4.79 Å². The Labute approximate surface area is 115 Å². The fourth-order valence-corrected chi connectivity index (χ4v) is 1.86. The van der Waals surface area contributed by atoms with Gasteiger partial charge in [-0.1, -0.05) is 12.1 Å². The van der Waals surface area contributed by atoms with Crippen molar-refractivity contribution in [3.63, 3.8) is 0 Å². The second-order valence-electron chi connectivity index (χ2n) is 4.19. The molecule has 100 valence electrons. The van der Waals surface area contributed by atoms with E-state index in [4.69, 9.17) is 9.15 Å². The number of hydrogen-bond donors (Lipinski definition) is 1. The van der Waals surface area contributed by atoms with Crippen molar-refractivity contribution in [1.29, 1.82) is 0 Å². The van der Waals surface area contributed by atoms with Crippen molar-refractivity contribution in [3.8, 4) is 5.75 Å². The Morgan fingerprint density at radius 2 is 2.05 bits per heavy atom. The van der Waals surface area contributed by atoms with Crippen molar-refractivity contribution in [1.82, 2.24) is 5.32 Å². The van der Waals surface area contributed by atoms with E-state index in [2.05, 4.69) is 10.3 Å². The van der Waals surface area contributed by atoms with Crippen LogP contribution in [0.25, 0.3) is 6.08 Å². The molecule has 5 heteroatoms. The van der Waals surface area contributed by atoms with Gasteiger partial charge in [-0.15, -0.1) is 0 Å². The molecule has 1 aromatic carbocycles. The first kappa shape index (κ1) is 12.2. The molecule has 1 aromatic heterocycles. The van der Waals surface area contributed by atoms with Crippen LogP contribution in [0.5, 0.6) is 5.75 Å². The molecule has 0 bridgehead atoms. The van der Waals surface area contributed by atoms with Crippen LogP contribution in [-0.2, 0) is 4.79 Å². The molecule has 0 atom stereocenters. The van der Waals surface area contributed by atoms with Crippen LogP contribution in [-0.4, -0.2) is 18.9 Å². The molecule has 0 radical (unpaired) electrons. The van der Waals surface area contributed by atoms with E-state index in [1.807, 2.05) is 24.3 Å². The number of nitrogens with one attached hydrogen (secondary N) is 1. The number of amidine groups is 1. The first-order chi connectivity index (χ1) is 9.76. The van der Waals surface area contributed by atoms with Gasteiger partial charge in [0, 0.05) is 0 Å². The summed E-state index contributed by atoms with van der Waals surface area (Å²) in [6.07, 6.45) is 3.25. The fourth-order valence-electron chi connectivity index (χ4n) is 1.86. The number of carbonyl (C=O) groups excluding carboxylic acids is 1. The van der Waals surface area contributed by atoms with Crippen LogP contribution < -0.4 is 10.1 Å². The van der Waals surface area contributed by atoms with Gasteiger partial charge in [0.2, 0.25) is 0 Å². The molecular formula is C15H12N2O3. The van der Waals surface area contributed by atoms with Gasteiger partial charge in [-0.2, -0.15) is 0 Å². The van der Waals surface area contributed by atoms with Gasteiger partial charge in [-0.25, -0.2) is 4.99 Å². The maximum atomic E-state index is 11.8. The largest absolute Gasteiger partial charge is 0.497 e. The zero-order valence-electron chi connectivity index (χ0n) is 10.8. The average Bonchev–Trinajstić information content (AvgIpc) is 3.10. The lowest BCUT2D eigenvalue weighted by Crippen LogP contribution is -2.24. The molecule has 3 rings (SSSR count). The van der Waals surface area contributed by atoms with Crippen molar-refractivity contribution in [3.05, 3.63) is 59.7 Å². The van der Waals surface area contributed by atoms with E-state index < -0.39 is 0 Å². The first-order valence-corrected chi connectivity index (χ1v) is 6.06. The minimum Gasteiger partial charge on any atom is -0.497 e. The number of furan rings is 1. The van der Waals surface area contributed by atoms with Crippen LogP contribution in [0.3, 0.4) is 0 Å². The molecule has 0 saturated carbocycles. The molecule has 0 spiro atoms. The van der Waals surface area contributed by atoms with Crippen molar-refractivity contribution in [2.75, 3.05) is 7.11 Å². The summed E-state index contributed by atoms with van der Waals surface area (Å²) in [4.78, 5) is 16.1. The van der Waals surface area contributed by atoms with Crippen LogP contribution in [0.15, 0.2) is 57.8 Å². The number of nitrogens with zero attached hydrogens (tertiary/aromatic N) is 1. The monoisotopic (exact) mass is 268 g/mol. The molecule has 1 N–H and O–H groups in total. The highest BCUT2D eigenvalue weighted by Crippen LogP contribution is 2.17. The number of amides is 1. The minimum absolute atomic E-state index is 0.243. The van der Waals surface area contributed by atoms with Gasteiger partial charge in [-0.05, 0) is 35.9 Å². The summed E-state index contributed by atoms with van der Waals surface area (Å²) < 4.78 is 10.3. The Hall–Kier alpha value is -2.82. The third kappa shape index (κ3) is 2.33. The van der Waals surface area contributed by atoms with E-state index in [1.54, 1.807) is 25.3 Å². The number of benzene rings is 1. The Kier molecular flexibility index (Phi) is 3.09. The van der Waals surface area contributed by atoms with Crippen LogP contribution in [0.2, 0.25) is 0 Å². The molecule has 2 heterocycles. The molecule has 0 unspecified atom stereocenters. The summed E-state index contributed by atoms with van der Waals surface area (Å²) >= 11 is 0. The van der Waals surface area contributed by atoms with E-state index in [0.717, 1.165) is 11.3 Å². The highest BCUT2D eigenvalue weighted by molar-refractivity contribution is 6.18. The van der Waals surface area contributed by atoms with Crippen molar-refractivity contribution < 1.29 is 13.9 Å². The smallest absolute Gasteiger partial charge is 0.275 e. The van der Waals surface area contributed by atoms with E-state index >= 15 is 0 Å². The zero-order valence-corrected chi connectivity index (χ0v) is 10.8. The molecule has 0 fully saturated rings. The molecular weight excluding hydrogens is 256 g/mol. The second kappa shape index (κ2) is 5.05. The molecule has 1 aliphatic heterocycles. The van der Waals surface area contributed by atoms with Gasteiger partial charge in [0.1, 0.15) is 11.4 Å². The lowest BCUT2D eigenvalue weighted by atomic mass is 10.2. The number of rotatable bonds is 3. The summed E-state index contributed by atoms with van der Waals surface area (Å²) in [6.45, 7) is 0. The molecule has 0 saturated heterocycles. The molecule has 5 nitrogen and oxygen atoms in total. The first-order valence-electron chi connectivity index (χ1n) is 6.06. The lowest BCUT2D eigenvalue weighted by Gasteiger charge is -1.99. The van der Waals surface area contributed by atoms with Gasteiger partial charge in [0.15, 0.2) is 11.6 Å². The van der Waals surface area contributed by atoms with E-state index in [-0.39, 0.29) is 5.91 Å². The van der Waals surface area contributed by atoms with Gasteiger partial charge in [0.05, 0.1) is 13.4 Å². The third-order valence-electron chi connectivity index (χ3n) is 2.87. The predicted octanol–water partition coefficient (Wildman–Crippen LogP) is 2.21. The number of ether oxygens (including phenoxy) is 1. The van der Waals surface area contributed by atoms with Crippen molar-refractivity contribution in [2.45, 2.75) is 0 Å². The maximum absolute atomic E-state index is 11.8. The number of carbonyl (C=O) groups is 1. The highest BCUT2D eigenvalue weighted by atomic mass is 16.5. The summed E-state index contributed by atoms with van der Waals surface area (Å²) in [6, 6.07) is 10.9. The number of hydrogen-bond acceptors (Lipinski definition) is 4. The van der Waals surface area contributed by atoms with Crippen molar-refractivity contribution >= 4 is 17.8 Å². The summed E-state index contributed by atoms with van der Waals surface area (Å²) in [5, 5.41) is 2.67. The van der Waals surface area contributed by atoms with Gasteiger partial charge >= 0.3 is 0 Å². The molecule has 2 aromatic rings. The van der Waals surface area contributed by atoms with Crippen LogP contribution in [0.1, 0.15) is 11.3 Å². The molecule has 20 heavy (non-hydrogen) atoms. The van der Waals surface area contributed by atoms with Crippen LogP contribution >= 0.6 is 0 Å². The van der Waals surface area contributed by atoms with Gasteiger partial charge < -0.3 is 14.5 Å². The maximum Gasteiger partial charge on any atom is 0.275 e. The summed E-state index contributed by atoms with van der Waals surface area (Å²) in [5.41, 5.74) is 1.22. The quantitative estimate of drug-likeness (QED) is 0.868. The predicted molar refractivity (Wildman–Crippen MR) is 74.4 cm³/mol. The molecule has 1 amide bonds. The topological polar surface area (TPSA) is 63.8 Å². The lowest BCUT2D eigenvalue weighted by molar-refractivity contribution is -0.115. The Morgan fingerprint density at radius 1 is 1.25 bits per heavy atom. The standard InChI is InChI=1S/C15H12N2O3/c1-19-11-6-4-10(5-7-11)9-12-15(18)17-14(16-12)13-3-2-8-20-13/h2-9H,1H3,(H,16,17,18)/b12-9-. The Bertz CT molecular complexity index is 682. The minimum atomic E-state index is -0.243. The molecule has 1 aliphatic rings. The molecule has 0 aliphatic carbocycles. The summed E-state index contributed by atoms with van der Waals surface area (Å²) in [7, 11) is 1.61. The SMILES string of the molecule is COc1ccc(/C=C2\N=C(c3ccco3)NC2=O)cc1. The van der Waals surface area contributed by atoms with Crippen molar-refractivity contribution in [2.24, 2.45) is 4.99 Å². The third-order valence-corrected chi connectivity index (χ3v) is 2.87. The second-order valence-corrected chi connectivity index (χ2v) is 4.19. The van der Waals surface area contributed by atoms with E-state index in [9.17, 15) is 4.79 Å². The zero-order chi connectivity index (χ0) is 13.9. The summed E-state index contributed by atoms with van der Waals surface area (Å²) in [5.74, 6) is 1.49. The van der Waals surface area contributed by atoms with E-state index in [1.165, 1.54) is 6.26 Å². The van der Waals surface area contributed by atoms with Crippen LogP contribution in [0.4, 0.5) is 0 Å². The number of methoxy groups -OCH3 is 1.